The predicted molar refractivity (Wildman–Crippen MR) is 91.4 cm³/mol. The Kier molecular flexibility index (Phi) is 4.10. The van der Waals surface area contributed by atoms with Crippen LogP contribution in [0.4, 0.5) is 5.69 Å². The van der Waals surface area contributed by atoms with E-state index in [1.54, 1.807) is 25.4 Å². The first kappa shape index (κ1) is 14.8. The van der Waals surface area contributed by atoms with E-state index in [0.717, 1.165) is 16.5 Å². The summed E-state index contributed by atoms with van der Waals surface area (Å²) in [5, 5.41) is 3.88. The number of hydrogen-bond acceptors (Lipinski definition) is 3. The van der Waals surface area contributed by atoms with Crippen LogP contribution in [0.2, 0.25) is 0 Å². The molecule has 5 heteroatoms. The number of anilines is 1. The van der Waals surface area contributed by atoms with E-state index in [4.69, 9.17) is 4.74 Å². The van der Waals surface area contributed by atoms with Gasteiger partial charge in [0.1, 0.15) is 0 Å². The number of ether oxygens (including phenoxy) is 1. The maximum Gasteiger partial charge on any atom is 0.256 e. The SMILES string of the molecule is C/C=C(\C(=O)Nc1ccc(OC)nc1)c1c[nH]c2ccccc12. The molecule has 0 atom stereocenters. The van der Waals surface area contributed by atoms with Gasteiger partial charge in [-0.15, -0.1) is 0 Å². The number of para-hydroxylation sites is 1. The van der Waals surface area contributed by atoms with E-state index in [9.17, 15) is 4.79 Å². The maximum atomic E-state index is 12.6. The van der Waals surface area contributed by atoms with Crippen LogP contribution in [-0.2, 0) is 4.79 Å². The van der Waals surface area contributed by atoms with E-state index in [0.29, 0.717) is 17.1 Å². The zero-order valence-electron chi connectivity index (χ0n) is 13.0. The highest BCUT2D eigenvalue weighted by atomic mass is 16.5. The summed E-state index contributed by atoms with van der Waals surface area (Å²) in [6.45, 7) is 1.85. The van der Waals surface area contributed by atoms with E-state index in [2.05, 4.69) is 15.3 Å². The fraction of sp³-hybridized carbons (Fsp3) is 0.111. The average Bonchev–Trinajstić information content (AvgIpc) is 3.00. The van der Waals surface area contributed by atoms with Crippen LogP contribution >= 0.6 is 0 Å². The van der Waals surface area contributed by atoms with Gasteiger partial charge in [-0.3, -0.25) is 4.79 Å². The normalized spacial score (nSPS) is 11.5. The number of hydrogen-bond donors (Lipinski definition) is 2. The summed E-state index contributed by atoms with van der Waals surface area (Å²) in [5.74, 6) is 0.329. The summed E-state index contributed by atoms with van der Waals surface area (Å²) in [7, 11) is 1.55. The molecule has 0 aliphatic carbocycles. The van der Waals surface area contributed by atoms with Crippen molar-refractivity contribution in [1.29, 1.82) is 0 Å². The molecule has 0 aliphatic heterocycles. The Balaban J connectivity index is 1.87. The Morgan fingerprint density at radius 3 is 2.78 bits per heavy atom. The largest absolute Gasteiger partial charge is 0.481 e. The van der Waals surface area contributed by atoms with Crippen molar-refractivity contribution in [1.82, 2.24) is 9.97 Å². The smallest absolute Gasteiger partial charge is 0.256 e. The van der Waals surface area contributed by atoms with Crippen LogP contribution in [-0.4, -0.2) is 23.0 Å². The number of rotatable bonds is 4. The number of H-pyrrole nitrogens is 1. The summed E-state index contributed by atoms with van der Waals surface area (Å²) in [6.07, 6.45) is 5.23. The fourth-order valence-electron chi connectivity index (χ4n) is 2.48. The summed E-state index contributed by atoms with van der Waals surface area (Å²) < 4.78 is 5.01. The quantitative estimate of drug-likeness (QED) is 0.724. The number of aromatic amines is 1. The molecule has 0 spiro atoms. The van der Waals surface area contributed by atoms with Crippen LogP contribution in [0.1, 0.15) is 12.5 Å². The molecule has 0 saturated heterocycles. The van der Waals surface area contributed by atoms with E-state index in [-0.39, 0.29) is 5.91 Å². The zero-order valence-corrected chi connectivity index (χ0v) is 13.0. The molecule has 0 bridgehead atoms. The van der Waals surface area contributed by atoms with Crippen molar-refractivity contribution in [2.75, 3.05) is 12.4 Å². The fourth-order valence-corrected chi connectivity index (χ4v) is 2.48. The highest BCUT2D eigenvalue weighted by Crippen LogP contribution is 2.26. The van der Waals surface area contributed by atoms with Crippen LogP contribution in [0.3, 0.4) is 0 Å². The molecule has 0 unspecified atom stereocenters. The van der Waals surface area contributed by atoms with E-state index < -0.39 is 0 Å². The van der Waals surface area contributed by atoms with Gasteiger partial charge in [0.05, 0.1) is 19.0 Å². The third kappa shape index (κ3) is 2.94. The monoisotopic (exact) mass is 307 g/mol. The molecule has 0 aliphatic rings. The Bertz CT molecular complexity index is 863. The van der Waals surface area contributed by atoms with Gasteiger partial charge >= 0.3 is 0 Å². The Hall–Kier alpha value is -3.08. The minimum atomic E-state index is -0.177. The summed E-state index contributed by atoms with van der Waals surface area (Å²) in [5.41, 5.74) is 3.11. The highest BCUT2D eigenvalue weighted by Gasteiger charge is 2.15. The van der Waals surface area contributed by atoms with Crippen LogP contribution in [0, 0.1) is 0 Å². The number of carbonyl (C=O) groups is 1. The van der Waals surface area contributed by atoms with Gasteiger partial charge in [0, 0.05) is 34.3 Å². The molecular formula is C18H17N3O2. The molecule has 3 rings (SSSR count). The third-order valence-corrected chi connectivity index (χ3v) is 3.62. The highest BCUT2D eigenvalue weighted by molar-refractivity contribution is 6.27. The van der Waals surface area contributed by atoms with Gasteiger partial charge in [0.2, 0.25) is 5.88 Å². The summed E-state index contributed by atoms with van der Waals surface area (Å²) in [6, 6.07) is 11.4. The number of aromatic nitrogens is 2. The number of nitrogens with zero attached hydrogens (tertiary/aromatic N) is 1. The van der Waals surface area contributed by atoms with E-state index in [1.807, 2.05) is 43.5 Å². The van der Waals surface area contributed by atoms with Crippen LogP contribution < -0.4 is 10.1 Å². The van der Waals surface area contributed by atoms with Crippen molar-refractivity contribution < 1.29 is 9.53 Å². The topological polar surface area (TPSA) is 67.0 Å². The molecule has 0 radical (unpaired) electrons. The molecule has 2 aromatic heterocycles. The predicted octanol–water partition coefficient (Wildman–Crippen LogP) is 3.61. The second-order valence-corrected chi connectivity index (χ2v) is 4.99. The minimum Gasteiger partial charge on any atom is -0.481 e. The lowest BCUT2D eigenvalue weighted by Gasteiger charge is -2.08. The molecule has 2 N–H and O–H groups in total. The summed E-state index contributed by atoms with van der Waals surface area (Å²) >= 11 is 0. The van der Waals surface area contributed by atoms with Crippen molar-refractivity contribution in [3.8, 4) is 5.88 Å². The van der Waals surface area contributed by atoms with Gasteiger partial charge in [0.15, 0.2) is 0 Å². The van der Waals surface area contributed by atoms with E-state index in [1.165, 1.54) is 0 Å². The number of allylic oxidation sites excluding steroid dienone is 1. The van der Waals surface area contributed by atoms with Crippen molar-refractivity contribution in [2.24, 2.45) is 0 Å². The average molecular weight is 307 g/mol. The zero-order chi connectivity index (χ0) is 16.2. The maximum absolute atomic E-state index is 12.6. The first-order chi connectivity index (χ1) is 11.2. The summed E-state index contributed by atoms with van der Waals surface area (Å²) in [4.78, 5) is 19.9. The van der Waals surface area contributed by atoms with Gasteiger partial charge < -0.3 is 15.0 Å². The Morgan fingerprint density at radius 2 is 2.09 bits per heavy atom. The number of benzene rings is 1. The first-order valence-electron chi connectivity index (χ1n) is 7.27. The second kappa shape index (κ2) is 6.36. The van der Waals surface area contributed by atoms with Crippen molar-refractivity contribution in [3.05, 3.63) is 60.4 Å². The lowest BCUT2D eigenvalue weighted by atomic mass is 10.0. The van der Waals surface area contributed by atoms with Gasteiger partial charge in [-0.1, -0.05) is 24.3 Å². The molecule has 0 saturated carbocycles. The van der Waals surface area contributed by atoms with Gasteiger partial charge in [-0.05, 0) is 19.1 Å². The lowest BCUT2D eigenvalue weighted by Crippen LogP contribution is -2.13. The lowest BCUT2D eigenvalue weighted by molar-refractivity contribution is -0.111. The minimum absolute atomic E-state index is 0.177. The van der Waals surface area contributed by atoms with Gasteiger partial charge in [-0.2, -0.15) is 0 Å². The molecule has 23 heavy (non-hydrogen) atoms. The number of pyridine rings is 1. The molecular weight excluding hydrogens is 290 g/mol. The number of nitrogens with one attached hydrogen (secondary N) is 2. The van der Waals surface area contributed by atoms with Crippen molar-refractivity contribution in [2.45, 2.75) is 6.92 Å². The van der Waals surface area contributed by atoms with Crippen LogP contribution in [0.15, 0.2) is 54.9 Å². The molecule has 0 fully saturated rings. The number of carbonyl (C=O) groups excluding carboxylic acids is 1. The van der Waals surface area contributed by atoms with E-state index >= 15 is 0 Å². The number of amides is 1. The Morgan fingerprint density at radius 1 is 1.26 bits per heavy atom. The van der Waals surface area contributed by atoms with Gasteiger partial charge in [-0.25, -0.2) is 4.98 Å². The van der Waals surface area contributed by atoms with Gasteiger partial charge in [0.25, 0.3) is 5.91 Å². The Labute approximate surface area is 134 Å². The standard InChI is InChI=1S/C18H17N3O2/c1-3-13(15-11-19-16-7-5-4-6-14(15)16)18(22)21-12-8-9-17(23-2)20-10-12/h3-11,19H,1-2H3,(H,21,22)/b13-3-. The van der Waals surface area contributed by atoms with Crippen molar-refractivity contribution >= 4 is 28.1 Å². The third-order valence-electron chi connectivity index (χ3n) is 3.62. The molecule has 1 amide bonds. The van der Waals surface area contributed by atoms with Crippen molar-refractivity contribution in [3.63, 3.8) is 0 Å². The molecule has 116 valence electrons. The number of methoxy groups -OCH3 is 1. The molecule has 2 heterocycles. The number of fused-ring (bicyclic) bond motifs is 1. The second-order valence-electron chi connectivity index (χ2n) is 4.99. The molecule has 1 aromatic carbocycles. The molecule has 3 aromatic rings. The van der Waals surface area contributed by atoms with Crippen LogP contribution in [0.25, 0.3) is 16.5 Å². The first-order valence-corrected chi connectivity index (χ1v) is 7.27. The molecule has 5 nitrogen and oxygen atoms in total. The van der Waals surface area contributed by atoms with Crippen LogP contribution in [0.5, 0.6) is 5.88 Å².